The lowest BCUT2D eigenvalue weighted by atomic mass is 10.2. The van der Waals surface area contributed by atoms with Crippen molar-refractivity contribution in [3.05, 3.63) is 29.6 Å². The van der Waals surface area contributed by atoms with Gasteiger partial charge in [-0.05, 0) is 25.5 Å². The molecule has 13 heavy (non-hydrogen) atoms. The fourth-order valence-electron chi connectivity index (χ4n) is 0.875. The van der Waals surface area contributed by atoms with Crippen molar-refractivity contribution in [2.75, 3.05) is 0 Å². The van der Waals surface area contributed by atoms with Crippen LogP contribution < -0.4 is 5.32 Å². The van der Waals surface area contributed by atoms with Gasteiger partial charge in [-0.15, -0.1) is 0 Å². The molecule has 1 rings (SSSR count). The standard InChI is InChI=1S/C9H11N2O2/c1-6-3-4-10-8(5-6)9(13)11-7(2)12/h4-5,7,12H,1-2H3,(H,11,13). The number of hydrogen-bond acceptors (Lipinski definition) is 3. The molecule has 1 aromatic rings. The number of carbonyl (C=O) groups is 1. The first kappa shape index (κ1) is 9.67. The topological polar surface area (TPSA) is 62.2 Å². The molecular weight excluding hydrogens is 168 g/mol. The van der Waals surface area contributed by atoms with Gasteiger partial charge in [-0.25, -0.2) is 0 Å². The van der Waals surface area contributed by atoms with E-state index in [1.54, 1.807) is 6.07 Å². The lowest BCUT2D eigenvalue weighted by Crippen LogP contribution is -2.32. The molecule has 1 atom stereocenters. The molecule has 69 valence electrons. The minimum atomic E-state index is -0.862. The average molecular weight is 179 g/mol. The van der Waals surface area contributed by atoms with Crippen molar-refractivity contribution < 1.29 is 9.90 Å². The molecule has 1 unspecified atom stereocenters. The molecule has 1 amide bonds. The molecule has 4 nitrogen and oxygen atoms in total. The Balaban J connectivity index is 2.77. The average Bonchev–Trinajstić information content (AvgIpc) is 2.03. The van der Waals surface area contributed by atoms with E-state index in [1.165, 1.54) is 13.1 Å². The molecule has 0 aliphatic carbocycles. The molecule has 1 aromatic heterocycles. The van der Waals surface area contributed by atoms with Crippen LogP contribution in [0.1, 0.15) is 23.0 Å². The zero-order valence-electron chi connectivity index (χ0n) is 7.53. The highest BCUT2D eigenvalue weighted by molar-refractivity contribution is 5.92. The van der Waals surface area contributed by atoms with Crippen LogP contribution in [-0.2, 0) is 0 Å². The number of pyridine rings is 1. The largest absolute Gasteiger partial charge is 0.374 e. The number of nitrogens with one attached hydrogen (secondary N) is 1. The Labute approximate surface area is 76.6 Å². The van der Waals surface area contributed by atoms with E-state index in [0.717, 1.165) is 5.56 Å². The summed E-state index contributed by atoms with van der Waals surface area (Å²) in [7, 11) is 0. The third-order valence-corrected chi connectivity index (χ3v) is 1.42. The predicted octanol–water partition coefficient (Wildman–Crippen LogP) is 0.258. The molecule has 0 fully saturated rings. The zero-order valence-corrected chi connectivity index (χ0v) is 7.53. The number of aliphatic hydroxyl groups excluding tert-OH is 1. The Kier molecular flexibility index (Phi) is 2.97. The Hall–Kier alpha value is -1.42. The van der Waals surface area contributed by atoms with Gasteiger partial charge in [0, 0.05) is 12.3 Å². The number of nitrogens with zero attached hydrogens (tertiary/aromatic N) is 1. The summed E-state index contributed by atoms with van der Waals surface area (Å²) in [6, 6.07) is 4.44. The number of rotatable bonds is 2. The maximum atomic E-state index is 11.3. The van der Waals surface area contributed by atoms with E-state index in [2.05, 4.69) is 16.4 Å². The number of carbonyl (C=O) groups excluding carboxylic acids is 1. The second-order valence-electron chi connectivity index (χ2n) is 2.76. The van der Waals surface area contributed by atoms with E-state index in [0.29, 0.717) is 0 Å². The summed E-state index contributed by atoms with van der Waals surface area (Å²) in [5.74, 6) is -0.382. The maximum Gasteiger partial charge on any atom is 0.271 e. The fourth-order valence-corrected chi connectivity index (χ4v) is 0.875. The second-order valence-corrected chi connectivity index (χ2v) is 2.76. The van der Waals surface area contributed by atoms with Crippen molar-refractivity contribution >= 4 is 5.91 Å². The fraction of sp³-hybridized carbons (Fsp3) is 0.333. The molecule has 0 saturated heterocycles. The highest BCUT2D eigenvalue weighted by atomic mass is 16.3. The van der Waals surface area contributed by atoms with Crippen molar-refractivity contribution in [2.45, 2.75) is 20.1 Å². The van der Waals surface area contributed by atoms with E-state index in [9.17, 15) is 4.79 Å². The van der Waals surface area contributed by atoms with Gasteiger partial charge in [-0.2, -0.15) is 0 Å². The van der Waals surface area contributed by atoms with Crippen molar-refractivity contribution in [3.63, 3.8) is 0 Å². The predicted molar refractivity (Wildman–Crippen MR) is 47.0 cm³/mol. The summed E-state index contributed by atoms with van der Waals surface area (Å²) in [5.41, 5.74) is 1.13. The van der Waals surface area contributed by atoms with Crippen molar-refractivity contribution in [2.24, 2.45) is 0 Å². The van der Waals surface area contributed by atoms with Gasteiger partial charge in [0.1, 0.15) is 11.9 Å². The number of aliphatic hydroxyl groups is 1. The van der Waals surface area contributed by atoms with E-state index in [4.69, 9.17) is 5.11 Å². The minimum Gasteiger partial charge on any atom is -0.374 e. The lowest BCUT2D eigenvalue weighted by Gasteiger charge is -2.06. The van der Waals surface area contributed by atoms with Gasteiger partial charge in [0.2, 0.25) is 0 Å². The van der Waals surface area contributed by atoms with Crippen molar-refractivity contribution in [1.82, 2.24) is 10.3 Å². The van der Waals surface area contributed by atoms with Gasteiger partial charge in [0.05, 0.1) is 0 Å². The molecule has 2 N–H and O–H groups in total. The Morgan fingerprint density at radius 2 is 2.46 bits per heavy atom. The maximum absolute atomic E-state index is 11.3. The van der Waals surface area contributed by atoms with Crippen LogP contribution in [0.25, 0.3) is 0 Å². The summed E-state index contributed by atoms with van der Waals surface area (Å²) in [6.45, 7) is 3.29. The first-order valence-corrected chi connectivity index (χ1v) is 3.93. The van der Waals surface area contributed by atoms with E-state index in [1.807, 2.05) is 6.92 Å². The molecule has 0 aliphatic rings. The van der Waals surface area contributed by atoms with Crippen LogP contribution in [0.5, 0.6) is 0 Å². The quantitative estimate of drug-likeness (QED) is 0.640. The first-order valence-electron chi connectivity index (χ1n) is 3.93. The molecule has 1 radical (unpaired) electrons. The van der Waals surface area contributed by atoms with Gasteiger partial charge in [0.25, 0.3) is 5.91 Å². The second kappa shape index (κ2) is 4.00. The summed E-state index contributed by atoms with van der Waals surface area (Å²) in [4.78, 5) is 15.1. The van der Waals surface area contributed by atoms with Gasteiger partial charge in [-0.1, -0.05) is 0 Å². The van der Waals surface area contributed by atoms with Crippen LogP contribution in [0.2, 0.25) is 0 Å². The van der Waals surface area contributed by atoms with E-state index in [-0.39, 0.29) is 11.6 Å². The van der Waals surface area contributed by atoms with Crippen molar-refractivity contribution in [3.8, 4) is 0 Å². The summed E-state index contributed by atoms with van der Waals surface area (Å²) in [5, 5.41) is 11.2. The number of hydrogen-bond donors (Lipinski definition) is 2. The van der Waals surface area contributed by atoms with Crippen molar-refractivity contribution in [1.29, 1.82) is 0 Å². The molecule has 0 saturated carbocycles. The van der Waals surface area contributed by atoms with Crippen LogP contribution in [0, 0.1) is 13.0 Å². The monoisotopic (exact) mass is 179 g/mol. The normalized spacial score (nSPS) is 12.2. The van der Waals surface area contributed by atoms with Crippen LogP contribution >= 0.6 is 0 Å². The van der Waals surface area contributed by atoms with Gasteiger partial charge >= 0.3 is 0 Å². The Bertz CT molecular complexity index is 310. The van der Waals surface area contributed by atoms with Crippen LogP contribution in [0.4, 0.5) is 0 Å². The summed E-state index contributed by atoms with van der Waals surface area (Å²) < 4.78 is 0. The SMILES string of the molecule is Cc1[c]cnc(C(=O)NC(C)O)c1. The molecule has 0 bridgehead atoms. The van der Waals surface area contributed by atoms with E-state index >= 15 is 0 Å². The van der Waals surface area contributed by atoms with E-state index < -0.39 is 6.23 Å². The Morgan fingerprint density at radius 3 is 3.00 bits per heavy atom. The molecular formula is C9H11N2O2. The highest BCUT2D eigenvalue weighted by Gasteiger charge is 2.08. The molecule has 1 heterocycles. The summed E-state index contributed by atoms with van der Waals surface area (Å²) >= 11 is 0. The number of aromatic nitrogens is 1. The molecule has 0 spiro atoms. The van der Waals surface area contributed by atoms with Gasteiger partial charge < -0.3 is 10.4 Å². The van der Waals surface area contributed by atoms with Crippen LogP contribution in [-0.4, -0.2) is 22.2 Å². The third-order valence-electron chi connectivity index (χ3n) is 1.42. The van der Waals surface area contributed by atoms with Crippen LogP contribution in [0.15, 0.2) is 12.3 Å². The van der Waals surface area contributed by atoms with Gasteiger partial charge in [-0.3, -0.25) is 9.78 Å². The van der Waals surface area contributed by atoms with Crippen LogP contribution in [0.3, 0.4) is 0 Å². The van der Waals surface area contributed by atoms with Gasteiger partial charge in [0.15, 0.2) is 0 Å². The zero-order chi connectivity index (χ0) is 9.84. The number of aryl methyl sites for hydroxylation is 1. The first-order chi connectivity index (χ1) is 6.09. The highest BCUT2D eigenvalue weighted by Crippen LogP contribution is 1.98. The third kappa shape index (κ3) is 2.83. The Morgan fingerprint density at radius 1 is 1.77 bits per heavy atom. The molecule has 0 aromatic carbocycles. The molecule has 4 heteroatoms. The smallest absolute Gasteiger partial charge is 0.271 e. The summed E-state index contributed by atoms with van der Waals surface area (Å²) in [6.07, 6.45) is 0.575. The molecule has 0 aliphatic heterocycles. The number of amides is 1. The minimum absolute atomic E-state index is 0.289. The lowest BCUT2D eigenvalue weighted by molar-refractivity contribution is 0.0813.